The Morgan fingerprint density at radius 1 is 1.05 bits per heavy atom. The highest BCUT2D eigenvalue weighted by Gasteiger charge is 2.49. The molecule has 1 aromatic heterocycles. The summed E-state index contributed by atoms with van der Waals surface area (Å²) in [7, 11) is 0. The summed E-state index contributed by atoms with van der Waals surface area (Å²) in [5, 5.41) is 13.5. The van der Waals surface area contributed by atoms with Crippen LogP contribution in [0.3, 0.4) is 0 Å². The third-order valence-electron chi connectivity index (χ3n) is 8.21. The number of hydrogen-bond donors (Lipinski definition) is 3. The molecule has 1 saturated heterocycles. The van der Waals surface area contributed by atoms with Crippen molar-refractivity contribution in [1.29, 1.82) is 0 Å². The van der Waals surface area contributed by atoms with Crippen molar-refractivity contribution in [2.75, 3.05) is 6.54 Å². The maximum atomic E-state index is 14.0. The third-order valence-corrected chi connectivity index (χ3v) is 8.21. The molecule has 0 aliphatic carbocycles. The molecule has 0 radical (unpaired) electrons. The number of carboxylic acid groups (broad SMARTS) is 1. The Hall–Kier alpha value is -4.14. The van der Waals surface area contributed by atoms with Gasteiger partial charge in [-0.2, -0.15) is 0 Å². The average molecular weight is 515 g/mol. The van der Waals surface area contributed by atoms with Crippen LogP contribution in [0.25, 0.3) is 10.9 Å². The molecular weight excluding hydrogens is 484 g/mol. The van der Waals surface area contributed by atoms with Crippen LogP contribution < -0.4 is 5.32 Å². The maximum absolute atomic E-state index is 14.0. The number of aromatic nitrogens is 1. The van der Waals surface area contributed by atoms with Crippen molar-refractivity contribution in [3.63, 3.8) is 0 Å². The van der Waals surface area contributed by atoms with E-state index in [0.29, 0.717) is 31.4 Å². The number of aliphatic carboxylic acids is 1. The Morgan fingerprint density at radius 3 is 2.55 bits per heavy atom. The first-order valence-electron chi connectivity index (χ1n) is 13.1. The number of para-hydroxylation sites is 1. The van der Waals surface area contributed by atoms with Crippen LogP contribution in [0.1, 0.15) is 59.9 Å². The molecule has 9 heteroatoms. The number of H-pyrrole nitrogens is 1. The Morgan fingerprint density at radius 2 is 1.79 bits per heavy atom. The van der Waals surface area contributed by atoms with Crippen LogP contribution in [0.15, 0.2) is 48.5 Å². The molecule has 2 aromatic carbocycles. The van der Waals surface area contributed by atoms with E-state index in [4.69, 9.17) is 0 Å². The van der Waals surface area contributed by atoms with Crippen molar-refractivity contribution in [3.8, 4) is 0 Å². The smallest absolute Gasteiger partial charge is 0.326 e. The number of hydrogen-bond acceptors (Lipinski definition) is 4. The zero-order valence-electron chi connectivity index (χ0n) is 21.3. The number of fused-ring (bicyclic) bond motifs is 7. The topological polar surface area (TPSA) is 123 Å². The quantitative estimate of drug-likeness (QED) is 0.483. The molecule has 196 valence electrons. The summed E-state index contributed by atoms with van der Waals surface area (Å²) in [4.78, 5) is 59.3. The van der Waals surface area contributed by atoms with Crippen molar-refractivity contribution in [2.24, 2.45) is 5.92 Å². The van der Waals surface area contributed by atoms with Gasteiger partial charge >= 0.3 is 5.97 Å². The Bertz CT molecular complexity index is 1480. The number of carbonyl (C=O) groups is 4. The fraction of sp³-hybridized carbons (Fsp3) is 0.379. The van der Waals surface area contributed by atoms with Crippen LogP contribution in [0, 0.1) is 5.92 Å². The van der Waals surface area contributed by atoms with Gasteiger partial charge in [-0.3, -0.25) is 14.4 Å². The van der Waals surface area contributed by atoms with E-state index < -0.39 is 42.0 Å². The van der Waals surface area contributed by atoms with Gasteiger partial charge < -0.3 is 25.2 Å². The molecule has 1 fully saturated rings. The number of rotatable bonds is 5. The zero-order valence-corrected chi connectivity index (χ0v) is 21.3. The number of likely N-dealkylation sites (tertiary alicyclic amines) is 1. The minimum Gasteiger partial charge on any atom is -0.480 e. The number of carboxylic acids is 1. The van der Waals surface area contributed by atoms with Crippen LogP contribution in [0.2, 0.25) is 0 Å². The summed E-state index contributed by atoms with van der Waals surface area (Å²) in [5.74, 6) is -2.32. The Labute approximate surface area is 219 Å². The molecule has 9 nitrogen and oxygen atoms in total. The van der Waals surface area contributed by atoms with E-state index in [0.717, 1.165) is 27.7 Å². The first-order chi connectivity index (χ1) is 18.3. The van der Waals surface area contributed by atoms with Gasteiger partial charge in [-0.05, 0) is 42.0 Å². The van der Waals surface area contributed by atoms with E-state index in [2.05, 4.69) is 10.3 Å². The van der Waals surface area contributed by atoms with Crippen LogP contribution in [0.5, 0.6) is 0 Å². The molecule has 4 heterocycles. The highest BCUT2D eigenvalue weighted by Crippen LogP contribution is 2.46. The molecule has 0 bridgehead atoms. The van der Waals surface area contributed by atoms with Crippen molar-refractivity contribution < 1.29 is 24.3 Å². The number of nitrogens with zero attached hydrogens (tertiary/aromatic N) is 2. The monoisotopic (exact) mass is 514 g/mol. The molecule has 3 aromatic rings. The number of nitrogens with one attached hydrogen (secondary N) is 2. The van der Waals surface area contributed by atoms with E-state index in [1.54, 1.807) is 11.0 Å². The fourth-order valence-corrected chi connectivity index (χ4v) is 6.37. The molecule has 0 spiro atoms. The van der Waals surface area contributed by atoms with Crippen LogP contribution in [0.4, 0.5) is 0 Å². The van der Waals surface area contributed by atoms with E-state index in [-0.39, 0.29) is 11.8 Å². The zero-order chi connectivity index (χ0) is 26.7. The Kier molecular flexibility index (Phi) is 5.74. The lowest BCUT2D eigenvalue weighted by molar-refractivity contribution is -0.150. The molecule has 3 aliphatic rings. The summed E-state index contributed by atoms with van der Waals surface area (Å²) in [6.45, 7) is 4.00. The summed E-state index contributed by atoms with van der Waals surface area (Å²) in [6, 6.07) is 12.3. The highest BCUT2D eigenvalue weighted by molar-refractivity contribution is 6.04. The van der Waals surface area contributed by atoms with Crippen molar-refractivity contribution in [3.05, 3.63) is 70.9 Å². The van der Waals surface area contributed by atoms with E-state index in [1.807, 2.05) is 56.3 Å². The molecular formula is C29H30N4O5. The second-order valence-corrected chi connectivity index (χ2v) is 10.7. The number of carbonyl (C=O) groups excluding carboxylic acids is 3. The van der Waals surface area contributed by atoms with Gasteiger partial charge in [-0.15, -0.1) is 0 Å². The average Bonchev–Trinajstić information content (AvgIpc) is 3.61. The second-order valence-electron chi connectivity index (χ2n) is 10.7. The number of aromatic amines is 1. The van der Waals surface area contributed by atoms with Gasteiger partial charge in [0.25, 0.3) is 5.91 Å². The minimum absolute atomic E-state index is 0.215. The molecule has 4 atom stereocenters. The summed E-state index contributed by atoms with van der Waals surface area (Å²) in [6.07, 6.45) is 1.31. The minimum atomic E-state index is -1.04. The standard InChI is InChI=1S/C29H30N4O5/c1-15(2)23(28(36)32-13-7-12-21(32)29(37)38)31-26(34)22-14-19-16-8-5-6-11-20(16)30-24(19)25-17-9-3-4-10-18(17)27(35)33(22)25/h3-6,8-11,15,21-23,25,30H,7,12-14H2,1-2H3,(H,31,34)(H,37,38)/t21-,22-,23-,25?/m0/s1. The van der Waals surface area contributed by atoms with Gasteiger partial charge in [0.2, 0.25) is 11.8 Å². The first-order valence-corrected chi connectivity index (χ1v) is 13.1. The molecule has 3 N–H and O–H groups in total. The lowest BCUT2D eigenvalue weighted by atomic mass is 9.89. The lowest BCUT2D eigenvalue weighted by Crippen LogP contribution is -2.59. The Balaban J connectivity index is 1.37. The largest absolute Gasteiger partial charge is 0.480 e. The van der Waals surface area contributed by atoms with Gasteiger partial charge in [0, 0.05) is 35.1 Å². The first kappa shape index (κ1) is 24.2. The van der Waals surface area contributed by atoms with Gasteiger partial charge in [-0.25, -0.2) is 4.79 Å². The number of benzene rings is 2. The predicted molar refractivity (Wildman–Crippen MR) is 139 cm³/mol. The third kappa shape index (κ3) is 3.60. The molecule has 6 rings (SSSR count). The van der Waals surface area contributed by atoms with E-state index >= 15 is 0 Å². The fourth-order valence-electron chi connectivity index (χ4n) is 6.37. The molecule has 0 saturated carbocycles. The van der Waals surface area contributed by atoms with Gasteiger partial charge in [0.15, 0.2) is 0 Å². The van der Waals surface area contributed by atoms with Gasteiger partial charge in [-0.1, -0.05) is 50.2 Å². The molecule has 1 unspecified atom stereocenters. The predicted octanol–water partition coefficient (Wildman–Crippen LogP) is 2.85. The van der Waals surface area contributed by atoms with Gasteiger partial charge in [0.1, 0.15) is 18.1 Å². The van der Waals surface area contributed by atoms with Crippen molar-refractivity contribution in [1.82, 2.24) is 20.1 Å². The lowest BCUT2D eigenvalue weighted by Gasteiger charge is -2.38. The molecule has 3 amide bonds. The van der Waals surface area contributed by atoms with E-state index in [1.165, 1.54) is 4.90 Å². The number of amides is 3. The summed E-state index contributed by atoms with van der Waals surface area (Å²) < 4.78 is 0. The SMILES string of the molecule is CC(C)[C@H](NC(=O)[C@@H]1Cc2c([nH]c3ccccc23)C2c3ccccc3C(=O)N21)C(=O)N1CCC[C@H]1C(=O)O. The van der Waals surface area contributed by atoms with Crippen LogP contribution in [-0.2, 0) is 20.8 Å². The van der Waals surface area contributed by atoms with Crippen molar-refractivity contribution in [2.45, 2.75) is 57.3 Å². The van der Waals surface area contributed by atoms with Crippen molar-refractivity contribution >= 4 is 34.6 Å². The second kappa shape index (κ2) is 9.01. The normalized spacial score (nSPS) is 22.8. The van der Waals surface area contributed by atoms with E-state index in [9.17, 15) is 24.3 Å². The van der Waals surface area contributed by atoms with Gasteiger partial charge in [0.05, 0.1) is 6.04 Å². The molecule has 3 aliphatic heterocycles. The maximum Gasteiger partial charge on any atom is 0.326 e. The van der Waals surface area contributed by atoms with Crippen LogP contribution >= 0.6 is 0 Å². The molecule has 38 heavy (non-hydrogen) atoms. The summed E-state index contributed by atoms with van der Waals surface area (Å²) in [5.41, 5.74) is 4.26. The summed E-state index contributed by atoms with van der Waals surface area (Å²) >= 11 is 0. The van der Waals surface area contributed by atoms with Crippen LogP contribution in [-0.4, -0.2) is 68.3 Å². The highest BCUT2D eigenvalue weighted by atomic mass is 16.4.